The van der Waals surface area contributed by atoms with Crippen molar-refractivity contribution in [2.75, 3.05) is 4.90 Å². The third kappa shape index (κ3) is 5.16. The minimum Gasteiger partial charge on any atom is -0.455 e. The van der Waals surface area contributed by atoms with Gasteiger partial charge in [0.25, 0.3) is 0 Å². The van der Waals surface area contributed by atoms with Crippen LogP contribution in [0, 0.1) is 0 Å². The first kappa shape index (κ1) is 31.6. The minimum atomic E-state index is 0.870. The number of para-hydroxylation sites is 2. The Kier molecular flexibility index (Phi) is 7.39. The van der Waals surface area contributed by atoms with E-state index in [0.29, 0.717) is 0 Å². The van der Waals surface area contributed by atoms with E-state index >= 15 is 0 Å². The molecule has 0 N–H and O–H groups in total. The molecule has 3 heteroatoms. The maximum absolute atomic E-state index is 6.83. The number of nitrogens with zero attached hydrogens (tertiary/aromatic N) is 1. The number of furan rings is 1. The third-order valence-corrected chi connectivity index (χ3v) is 12.2. The van der Waals surface area contributed by atoms with Gasteiger partial charge in [0.05, 0.1) is 11.1 Å². The van der Waals surface area contributed by atoms with Crippen LogP contribution in [0.3, 0.4) is 0 Å². The quantitative estimate of drug-likeness (QED) is 0.170. The molecule has 2 heterocycles. The van der Waals surface area contributed by atoms with Gasteiger partial charge >= 0.3 is 0 Å². The van der Waals surface area contributed by atoms with Gasteiger partial charge in [-0.05, 0) is 75.7 Å². The van der Waals surface area contributed by atoms with Crippen molar-refractivity contribution < 1.29 is 4.42 Å². The molecule has 0 radical (unpaired) electrons. The van der Waals surface area contributed by atoms with Crippen LogP contribution in [0.2, 0.25) is 0 Å². The van der Waals surface area contributed by atoms with Crippen molar-refractivity contribution in [3.63, 3.8) is 0 Å². The first-order chi connectivity index (χ1) is 27.3. The third-order valence-electron chi connectivity index (χ3n) is 10.9. The van der Waals surface area contributed by atoms with Crippen molar-refractivity contribution in [2.45, 2.75) is 0 Å². The summed E-state index contributed by atoms with van der Waals surface area (Å²) in [5.41, 5.74) is 12.4. The first-order valence-corrected chi connectivity index (χ1v) is 19.5. The maximum atomic E-state index is 6.83. The smallest absolute Gasteiger partial charge is 0.143 e. The highest BCUT2D eigenvalue weighted by Gasteiger charge is 2.23. The zero-order valence-corrected chi connectivity index (χ0v) is 30.6. The molecule has 0 saturated heterocycles. The van der Waals surface area contributed by atoms with Gasteiger partial charge in [-0.2, -0.15) is 0 Å². The largest absolute Gasteiger partial charge is 0.455 e. The van der Waals surface area contributed by atoms with Crippen LogP contribution < -0.4 is 4.90 Å². The molecule has 0 amide bonds. The van der Waals surface area contributed by atoms with Crippen LogP contribution in [0.5, 0.6) is 0 Å². The van der Waals surface area contributed by atoms with Gasteiger partial charge in [-0.15, -0.1) is 11.3 Å². The van der Waals surface area contributed by atoms with E-state index in [1.165, 1.54) is 58.9 Å². The van der Waals surface area contributed by atoms with Crippen LogP contribution in [-0.4, -0.2) is 0 Å². The summed E-state index contributed by atoms with van der Waals surface area (Å²) >= 11 is 1.90. The molecule has 0 spiro atoms. The van der Waals surface area contributed by atoms with Crippen LogP contribution in [0.4, 0.5) is 17.1 Å². The van der Waals surface area contributed by atoms with Crippen LogP contribution in [0.15, 0.2) is 205 Å². The lowest BCUT2D eigenvalue weighted by Gasteiger charge is -2.26. The first-order valence-electron chi connectivity index (χ1n) is 18.7. The molecular weight excluding hydrogens is 687 g/mol. The fourth-order valence-corrected chi connectivity index (χ4v) is 9.72. The van der Waals surface area contributed by atoms with E-state index < -0.39 is 0 Å². The Hall–Kier alpha value is -6.94. The van der Waals surface area contributed by atoms with E-state index in [1.807, 2.05) is 11.3 Å². The highest BCUT2D eigenvalue weighted by Crippen LogP contribution is 2.49. The van der Waals surface area contributed by atoms with E-state index in [4.69, 9.17) is 4.42 Å². The molecule has 0 bridgehead atoms. The number of hydrogen-bond acceptors (Lipinski definition) is 3. The summed E-state index contributed by atoms with van der Waals surface area (Å²) in [7, 11) is 0. The average molecular weight is 720 g/mol. The summed E-state index contributed by atoms with van der Waals surface area (Å²) in [4.78, 5) is 2.34. The molecule has 0 atom stereocenters. The van der Waals surface area contributed by atoms with Gasteiger partial charge < -0.3 is 9.32 Å². The highest BCUT2D eigenvalue weighted by molar-refractivity contribution is 7.26. The second-order valence-electron chi connectivity index (χ2n) is 14.0. The Morgan fingerprint density at radius 1 is 0.364 bits per heavy atom. The number of rotatable bonds is 6. The summed E-state index contributed by atoms with van der Waals surface area (Å²) in [5, 5.41) is 7.06. The zero-order chi connectivity index (χ0) is 36.3. The molecule has 11 rings (SSSR count). The van der Waals surface area contributed by atoms with Gasteiger partial charge in [-0.25, -0.2) is 0 Å². The molecule has 2 aromatic heterocycles. The van der Waals surface area contributed by atoms with Crippen molar-refractivity contribution in [3.8, 4) is 33.4 Å². The number of fused-ring (bicyclic) bond motifs is 8. The second kappa shape index (κ2) is 12.9. The van der Waals surface area contributed by atoms with Crippen molar-refractivity contribution in [3.05, 3.63) is 200 Å². The topological polar surface area (TPSA) is 16.4 Å². The predicted molar refractivity (Wildman–Crippen MR) is 235 cm³/mol. The fraction of sp³-hybridized carbons (Fsp3) is 0. The summed E-state index contributed by atoms with van der Waals surface area (Å²) in [6, 6.07) is 71.8. The summed E-state index contributed by atoms with van der Waals surface area (Å²) < 4.78 is 9.43. The number of hydrogen-bond donors (Lipinski definition) is 0. The zero-order valence-electron chi connectivity index (χ0n) is 29.8. The Morgan fingerprint density at radius 3 is 1.58 bits per heavy atom. The molecule has 2 nitrogen and oxygen atoms in total. The molecule has 258 valence electrons. The van der Waals surface area contributed by atoms with E-state index in [1.54, 1.807) is 0 Å². The molecule has 0 aliphatic carbocycles. The van der Waals surface area contributed by atoms with E-state index in [2.05, 4.69) is 205 Å². The molecule has 0 aliphatic rings. The maximum Gasteiger partial charge on any atom is 0.143 e. The van der Waals surface area contributed by atoms with Gasteiger partial charge in [0.2, 0.25) is 0 Å². The normalized spacial score (nSPS) is 11.6. The lowest BCUT2D eigenvalue weighted by Crippen LogP contribution is -2.09. The van der Waals surface area contributed by atoms with Gasteiger partial charge in [0.1, 0.15) is 11.2 Å². The molecule has 0 aliphatic heterocycles. The fourth-order valence-electron chi connectivity index (χ4n) is 8.35. The van der Waals surface area contributed by atoms with E-state index in [0.717, 1.165) is 44.4 Å². The van der Waals surface area contributed by atoms with Crippen molar-refractivity contribution in [2.24, 2.45) is 0 Å². The highest BCUT2D eigenvalue weighted by atomic mass is 32.1. The Labute approximate surface area is 322 Å². The monoisotopic (exact) mass is 719 g/mol. The van der Waals surface area contributed by atoms with E-state index in [-0.39, 0.29) is 0 Å². The number of thiophene rings is 1. The summed E-state index contributed by atoms with van der Waals surface area (Å²) in [5.74, 6) is 0. The summed E-state index contributed by atoms with van der Waals surface area (Å²) in [6.45, 7) is 0. The Balaban J connectivity index is 1.14. The van der Waals surface area contributed by atoms with Gasteiger partial charge in [0, 0.05) is 47.9 Å². The van der Waals surface area contributed by atoms with Gasteiger partial charge in [-0.1, -0.05) is 158 Å². The van der Waals surface area contributed by atoms with Crippen molar-refractivity contribution >= 4 is 81.3 Å². The number of benzene rings is 9. The lowest BCUT2D eigenvalue weighted by molar-refractivity contribution is 0.672. The lowest BCUT2D eigenvalue weighted by atomic mass is 9.94. The van der Waals surface area contributed by atoms with Gasteiger partial charge in [-0.3, -0.25) is 0 Å². The molecule has 55 heavy (non-hydrogen) atoms. The molecule has 0 saturated carbocycles. The van der Waals surface area contributed by atoms with Gasteiger partial charge in [0.15, 0.2) is 0 Å². The van der Waals surface area contributed by atoms with E-state index in [9.17, 15) is 0 Å². The standard InChI is InChI=1S/C52H33NOS/c1-4-15-34(16-5-1)35-29-31-36(32-30-35)39-23-12-24-42-43-25-13-26-44(52(43)55-51(39)42)45-33-46-49-47(53(37-17-6-2-7-18-37)38-19-8-3-9-20-38)27-14-28-48(49)54-50(46)41-22-11-10-21-40(41)45/h1-33H. The molecule has 0 fully saturated rings. The minimum absolute atomic E-state index is 0.870. The SMILES string of the molecule is c1ccc(-c2ccc(-c3cccc4c3sc3c(-c5cc6c(oc7cccc(N(c8ccccc8)c8ccccc8)c76)c6ccccc56)cccc34)cc2)cc1. The molecule has 9 aromatic carbocycles. The van der Waals surface area contributed by atoms with Crippen molar-refractivity contribution in [1.29, 1.82) is 0 Å². The van der Waals surface area contributed by atoms with Crippen LogP contribution in [0.1, 0.15) is 0 Å². The molecule has 0 unspecified atom stereocenters. The Bertz CT molecular complexity index is 3140. The van der Waals surface area contributed by atoms with Crippen LogP contribution in [0.25, 0.3) is 86.3 Å². The Morgan fingerprint density at radius 2 is 0.891 bits per heavy atom. The van der Waals surface area contributed by atoms with Crippen LogP contribution in [-0.2, 0) is 0 Å². The second-order valence-corrected chi connectivity index (χ2v) is 15.0. The average Bonchev–Trinajstić information content (AvgIpc) is 3.84. The summed E-state index contributed by atoms with van der Waals surface area (Å²) in [6.07, 6.45) is 0. The molecule has 11 aromatic rings. The molecular formula is C52H33NOS. The number of anilines is 3. The predicted octanol–water partition coefficient (Wildman–Crippen LogP) is 15.6. The van der Waals surface area contributed by atoms with Crippen molar-refractivity contribution in [1.82, 2.24) is 0 Å². The van der Waals surface area contributed by atoms with Crippen LogP contribution >= 0.6 is 11.3 Å².